The molecule has 2 heterocycles. The summed E-state index contributed by atoms with van der Waals surface area (Å²) in [7, 11) is 1.48. The Balaban J connectivity index is 1.84. The average molecular weight is 386 g/mol. The van der Waals surface area contributed by atoms with Gasteiger partial charge < -0.3 is 5.32 Å². The van der Waals surface area contributed by atoms with E-state index in [-0.39, 0.29) is 29.7 Å². The zero-order valence-electron chi connectivity index (χ0n) is 14.1. The lowest BCUT2D eigenvalue weighted by Gasteiger charge is -2.11. The van der Waals surface area contributed by atoms with Gasteiger partial charge in [0.05, 0.1) is 18.3 Å². The highest BCUT2D eigenvalue weighted by Gasteiger charge is 2.14. The van der Waals surface area contributed by atoms with Crippen molar-refractivity contribution in [1.82, 2.24) is 19.5 Å². The first-order valence-corrected chi connectivity index (χ1v) is 8.15. The Bertz CT molecular complexity index is 1100. The molecule has 0 unspecified atom stereocenters. The van der Waals surface area contributed by atoms with Crippen molar-refractivity contribution in [1.29, 1.82) is 0 Å². The number of anilines is 1. The smallest absolute Gasteiger partial charge is 0.255 e. The van der Waals surface area contributed by atoms with E-state index >= 15 is 0 Å². The van der Waals surface area contributed by atoms with Gasteiger partial charge in [0, 0.05) is 18.1 Å². The first-order chi connectivity index (χ1) is 13.0. The SMILES string of the molecule is Cn1c(NCC(=O)C2=C=CC=C(Cl)C=C2)nc(-c2ncncc2F)cc1=O. The zero-order valence-corrected chi connectivity index (χ0v) is 14.9. The standard InChI is InChI=1S/C18H13ClFN5O2/c1-25-16(27)7-14(17-13(20)8-21-10-23-17)24-18(25)22-9-15(26)11-3-2-4-12(19)6-5-11/h2,4-8,10H,9H2,1H3,(H,22,24). The molecule has 0 fully saturated rings. The third-order valence-corrected chi connectivity index (χ3v) is 3.90. The summed E-state index contributed by atoms with van der Waals surface area (Å²) in [5.41, 5.74) is 2.64. The topological polar surface area (TPSA) is 89.8 Å². The monoisotopic (exact) mass is 385 g/mol. The molecule has 1 aliphatic rings. The normalized spacial score (nSPS) is 13.0. The number of aromatic nitrogens is 4. The Morgan fingerprint density at radius 2 is 2.22 bits per heavy atom. The summed E-state index contributed by atoms with van der Waals surface area (Å²) in [5.74, 6) is -0.888. The molecule has 0 amide bonds. The summed E-state index contributed by atoms with van der Waals surface area (Å²) in [6.07, 6.45) is 8.42. The molecule has 9 heteroatoms. The number of carbonyl (C=O) groups excluding carboxylic acids is 1. The predicted molar refractivity (Wildman–Crippen MR) is 98.6 cm³/mol. The molecule has 0 aromatic carbocycles. The van der Waals surface area contributed by atoms with Crippen LogP contribution in [-0.2, 0) is 11.8 Å². The number of hydrogen-bond acceptors (Lipinski definition) is 6. The highest BCUT2D eigenvalue weighted by molar-refractivity contribution is 6.31. The van der Waals surface area contributed by atoms with E-state index in [1.165, 1.54) is 11.6 Å². The van der Waals surface area contributed by atoms with Crippen LogP contribution in [0.3, 0.4) is 0 Å². The van der Waals surface area contributed by atoms with E-state index in [1.54, 1.807) is 24.3 Å². The fourth-order valence-electron chi connectivity index (χ4n) is 2.23. The fourth-order valence-corrected chi connectivity index (χ4v) is 2.35. The second kappa shape index (κ2) is 7.90. The van der Waals surface area contributed by atoms with Crippen LogP contribution in [0.15, 0.2) is 64.0 Å². The molecule has 0 saturated carbocycles. The molecule has 7 nitrogen and oxygen atoms in total. The largest absolute Gasteiger partial charge is 0.348 e. The van der Waals surface area contributed by atoms with Crippen LogP contribution in [0.5, 0.6) is 0 Å². The molecule has 27 heavy (non-hydrogen) atoms. The molecule has 1 aliphatic carbocycles. The minimum Gasteiger partial charge on any atom is -0.348 e. The lowest BCUT2D eigenvalue weighted by atomic mass is 10.1. The van der Waals surface area contributed by atoms with Gasteiger partial charge in [-0.3, -0.25) is 14.2 Å². The summed E-state index contributed by atoms with van der Waals surface area (Å²) in [6, 6.07) is 1.16. The Morgan fingerprint density at radius 1 is 1.41 bits per heavy atom. The van der Waals surface area contributed by atoms with Crippen molar-refractivity contribution in [3.63, 3.8) is 0 Å². The van der Waals surface area contributed by atoms with Crippen molar-refractivity contribution in [2.45, 2.75) is 0 Å². The minimum absolute atomic E-state index is 0.0393. The van der Waals surface area contributed by atoms with E-state index in [0.717, 1.165) is 18.6 Å². The van der Waals surface area contributed by atoms with E-state index in [1.807, 2.05) is 0 Å². The second-order valence-electron chi connectivity index (χ2n) is 5.47. The van der Waals surface area contributed by atoms with Gasteiger partial charge in [-0.25, -0.2) is 19.3 Å². The average Bonchev–Trinajstić information content (AvgIpc) is 2.87. The highest BCUT2D eigenvalue weighted by Crippen LogP contribution is 2.17. The Morgan fingerprint density at radius 3 is 3.00 bits per heavy atom. The van der Waals surface area contributed by atoms with Crippen molar-refractivity contribution in [2.75, 3.05) is 11.9 Å². The number of halogens is 2. The summed E-state index contributed by atoms with van der Waals surface area (Å²) < 4.78 is 15.1. The van der Waals surface area contributed by atoms with Crippen molar-refractivity contribution >= 4 is 23.3 Å². The number of rotatable bonds is 5. The molecule has 0 bridgehead atoms. The van der Waals surface area contributed by atoms with Crippen molar-refractivity contribution in [3.8, 4) is 11.4 Å². The van der Waals surface area contributed by atoms with E-state index in [4.69, 9.17) is 11.6 Å². The van der Waals surface area contributed by atoms with Crippen LogP contribution in [0.4, 0.5) is 10.3 Å². The van der Waals surface area contributed by atoms with Crippen LogP contribution in [0, 0.1) is 5.82 Å². The van der Waals surface area contributed by atoms with E-state index in [2.05, 4.69) is 26.0 Å². The zero-order chi connectivity index (χ0) is 19.4. The van der Waals surface area contributed by atoms with Crippen molar-refractivity contribution < 1.29 is 9.18 Å². The van der Waals surface area contributed by atoms with Crippen LogP contribution in [-0.4, -0.2) is 31.8 Å². The fraction of sp³-hybridized carbons (Fsp3) is 0.111. The molecule has 1 N–H and O–H groups in total. The van der Waals surface area contributed by atoms with Gasteiger partial charge in [0.25, 0.3) is 5.56 Å². The van der Waals surface area contributed by atoms with Crippen LogP contribution in [0.25, 0.3) is 11.4 Å². The molecule has 2 aromatic rings. The summed E-state index contributed by atoms with van der Waals surface area (Å²) >= 11 is 5.86. The quantitative estimate of drug-likeness (QED) is 0.793. The molecule has 3 rings (SSSR count). The number of ketones is 1. The molecule has 0 saturated heterocycles. The number of nitrogens with one attached hydrogen (secondary N) is 1. The molecular weight excluding hydrogens is 373 g/mol. The highest BCUT2D eigenvalue weighted by atomic mass is 35.5. The van der Waals surface area contributed by atoms with Gasteiger partial charge in [0.15, 0.2) is 11.6 Å². The van der Waals surface area contributed by atoms with Crippen LogP contribution < -0.4 is 10.9 Å². The summed E-state index contributed by atoms with van der Waals surface area (Å²) in [4.78, 5) is 36.1. The summed E-state index contributed by atoms with van der Waals surface area (Å²) in [6.45, 7) is -0.145. The Kier molecular flexibility index (Phi) is 5.40. The second-order valence-corrected chi connectivity index (χ2v) is 5.90. The molecule has 0 atom stereocenters. The first kappa shape index (κ1) is 18.4. The van der Waals surface area contributed by atoms with Gasteiger partial charge in [-0.15, -0.1) is 5.73 Å². The van der Waals surface area contributed by atoms with Gasteiger partial charge in [0.2, 0.25) is 5.95 Å². The van der Waals surface area contributed by atoms with Crippen molar-refractivity contribution in [2.24, 2.45) is 7.05 Å². The van der Waals surface area contributed by atoms with Gasteiger partial charge in [-0.1, -0.05) is 11.6 Å². The number of allylic oxidation sites excluding steroid dienone is 4. The molecule has 0 aliphatic heterocycles. The van der Waals surface area contributed by atoms with Crippen LogP contribution >= 0.6 is 11.6 Å². The lowest BCUT2D eigenvalue weighted by molar-refractivity contribution is -0.113. The maximum Gasteiger partial charge on any atom is 0.255 e. The van der Waals surface area contributed by atoms with Gasteiger partial charge in [0.1, 0.15) is 17.7 Å². The van der Waals surface area contributed by atoms with Crippen LogP contribution in [0.1, 0.15) is 0 Å². The lowest BCUT2D eigenvalue weighted by Crippen LogP contribution is -2.25. The number of Topliss-reactive ketones (excluding diaryl/α,β-unsaturated/α-hetero) is 1. The van der Waals surface area contributed by atoms with Gasteiger partial charge in [-0.2, -0.15) is 0 Å². The first-order valence-electron chi connectivity index (χ1n) is 7.77. The molecular formula is C18H13ClFN5O2. The maximum atomic E-state index is 13.9. The van der Waals surface area contributed by atoms with E-state index in [9.17, 15) is 14.0 Å². The Hall–Kier alpha value is -3.35. The number of nitrogens with zero attached hydrogens (tertiary/aromatic N) is 4. The predicted octanol–water partition coefficient (Wildman–Crippen LogP) is 2.13. The van der Waals surface area contributed by atoms with Gasteiger partial charge >= 0.3 is 0 Å². The molecule has 2 aromatic heterocycles. The maximum absolute atomic E-state index is 13.9. The third-order valence-electron chi connectivity index (χ3n) is 3.64. The minimum atomic E-state index is -0.705. The van der Waals surface area contributed by atoms with E-state index in [0.29, 0.717) is 10.6 Å². The van der Waals surface area contributed by atoms with E-state index < -0.39 is 11.4 Å². The van der Waals surface area contributed by atoms with Gasteiger partial charge in [-0.05, 0) is 24.3 Å². The number of carbonyl (C=O) groups is 1. The summed E-state index contributed by atoms with van der Waals surface area (Å²) in [5, 5.41) is 3.26. The van der Waals surface area contributed by atoms with Crippen molar-refractivity contribution in [3.05, 3.63) is 75.4 Å². The number of hydrogen-bond donors (Lipinski definition) is 1. The molecule has 0 radical (unpaired) electrons. The third kappa shape index (κ3) is 4.25. The Labute approximate surface area is 158 Å². The van der Waals surface area contributed by atoms with Crippen LogP contribution in [0.2, 0.25) is 0 Å². The molecule has 136 valence electrons. The molecule has 0 spiro atoms.